The number of hydrogen-bond acceptors (Lipinski definition) is 2. The number of nitrogens with zero attached hydrogens (tertiary/aromatic N) is 1. The minimum atomic E-state index is 0.347. The maximum absolute atomic E-state index is 5.97. The van der Waals surface area contributed by atoms with Crippen LogP contribution in [0.15, 0.2) is 18.2 Å². The Labute approximate surface area is 100 Å². The monoisotopic (exact) mass is 240 g/mol. The first kappa shape index (κ1) is 10.7. The summed E-state index contributed by atoms with van der Waals surface area (Å²) in [5.74, 6) is 0. The second-order valence-electron chi connectivity index (χ2n) is 3.86. The van der Waals surface area contributed by atoms with Crippen LogP contribution < -0.4 is 10.2 Å². The van der Waals surface area contributed by atoms with Gasteiger partial charge in [-0.1, -0.05) is 23.8 Å². The van der Waals surface area contributed by atoms with E-state index in [0.29, 0.717) is 6.04 Å². The third-order valence-corrected chi connectivity index (χ3v) is 3.25. The Kier molecular flexibility index (Phi) is 2.85. The third-order valence-electron chi connectivity index (χ3n) is 2.58. The summed E-state index contributed by atoms with van der Waals surface area (Å²) in [5, 5.41) is 4.16. The first-order valence-corrected chi connectivity index (χ1v) is 5.69. The zero-order valence-corrected chi connectivity index (χ0v) is 10.3. The van der Waals surface area contributed by atoms with E-state index in [2.05, 4.69) is 12.2 Å². The maximum Gasteiger partial charge on any atom is 0.0842 e. The first-order valence-electron chi connectivity index (χ1n) is 4.90. The molecule has 15 heavy (non-hydrogen) atoms. The smallest absolute Gasteiger partial charge is 0.0842 e. The minimum absolute atomic E-state index is 0.347. The van der Waals surface area contributed by atoms with Crippen molar-refractivity contribution < 1.29 is 0 Å². The highest BCUT2D eigenvalue weighted by Crippen LogP contribution is 2.32. The molecule has 2 rings (SSSR count). The highest BCUT2D eigenvalue weighted by Gasteiger charge is 2.19. The van der Waals surface area contributed by atoms with E-state index in [1.807, 2.05) is 30.1 Å². The molecule has 80 valence electrons. The summed E-state index contributed by atoms with van der Waals surface area (Å²) in [4.78, 5) is 2.99. The lowest BCUT2D eigenvalue weighted by Gasteiger charge is -2.19. The molecule has 0 aliphatic carbocycles. The predicted molar refractivity (Wildman–Crippen MR) is 70.2 cm³/mol. The highest BCUT2D eigenvalue weighted by molar-refractivity contribution is 7.80. The van der Waals surface area contributed by atoms with Crippen molar-refractivity contribution in [3.05, 3.63) is 23.2 Å². The summed E-state index contributed by atoms with van der Waals surface area (Å²) in [7, 11) is 1.99. The zero-order chi connectivity index (χ0) is 11.0. The fraction of sp³-hybridized carbons (Fsp3) is 0.364. The number of anilines is 2. The Bertz CT molecular complexity index is 406. The molecule has 0 unspecified atom stereocenters. The molecular weight excluding hydrogens is 228 g/mol. The van der Waals surface area contributed by atoms with Crippen LogP contribution in [0.4, 0.5) is 11.4 Å². The molecule has 0 radical (unpaired) electrons. The van der Waals surface area contributed by atoms with Gasteiger partial charge in [-0.3, -0.25) is 0 Å². The SMILES string of the molecule is C[C@H]1CC(=S)N(C)c2ccc(Cl)cc2N1. The van der Waals surface area contributed by atoms with Crippen LogP contribution in [-0.2, 0) is 0 Å². The summed E-state index contributed by atoms with van der Waals surface area (Å²) in [6, 6.07) is 6.17. The van der Waals surface area contributed by atoms with Crippen molar-refractivity contribution in [1.29, 1.82) is 0 Å². The molecule has 0 spiro atoms. The number of thiocarbonyl (C=S) groups is 1. The lowest BCUT2D eigenvalue weighted by atomic mass is 10.2. The lowest BCUT2D eigenvalue weighted by molar-refractivity contribution is 0.845. The van der Waals surface area contributed by atoms with Crippen molar-refractivity contribution in [3.8, 4) is 0 Å². The van der Waals surface area contributed by atoms with E-state index in [4.69, 9.17) is 23.8 Å². The largest absolute Gasteiger partial charge is 0.380 e. The Hall–Kier alpha value is -0.800. The van der Waals surface area contributed by atoms with Gasteiger partial charge in [0.15, 0.2) is 0 Å². The average molecular weight is 241 g/mol. The molecule has 2 nitrogen and oxygen atoms in total. The summed E-state index contributed by atoms with van der Waals surface area (Å²) in [6.45, 7) is 2.12. The Morgan fingerprint density at radius 2 is 2.27 bits per heavy atom. The minimum Gasteiger partial charge on any atom is -0.380 e. The molecule has 1 aliphatic rings. The molecule has 1 aliphatic heterocycles. The molecule has 1 aromatic carbocycles. The van der Waals surface area contributed by atoms with E-state index in [1.165, 1.54) is 0 Å². The lowest BCUT2D eigenvalue weighted by Crippen LogP contribution is -2.25. The van der Waals surface area contributed by atoms with Crippen molar-refractivity contribution >= 4 is 40.2 Å². The molecule has 0 saturated carbocycles. The Morgan fingerprint density at radius 3 is 3.00 bits per heavy atom. The van der Waals surface area contributed by atoms with Gasteiger partial charge in [-0.2, -0.15) is 0 Å². The number of hydrogen-bond donors (Lipinski definition) is 1. The van der Waals surface area contributed by atoms with Gasteiger partial charge in [-0.25, -0.2) is 0 Å². The number of halogens is 1. The van der Waals surface area contributed by atoms with Crippen molar-refractivity contribution in [1.82, 2.24) is 0 Å². The van der Waals surface area contributed by atoms with E-state index in [-0.39, 0.29) is 0 Å². The van der Waals surface area contributed by atoms with Crippen LogP contribution in [0.3, 0.4) is 0 Å². The summed E-state index contributed by atoms with van der Waals surface area (Å²) in [5.41, 5.74) is 2.14. The van der Waals surface area contributed by atoms with Gasteiger partial charge in [0.1, 0.15) is 0 Å². The van der Waals surface area contributed by atoms with Crippen LogP contribution in [-0.4, -0.2) is 18.1 Å². The number of fused-ring (bicyclic) bond motifs is 1. The molecule has 0 amide bonds. The molecule has 0 fully saturated rings. The molecule has 1 atom stereocenters. The Balaban J connectivity index is 2.49. The van der Waals surface area contributed by atoms with Gasteiger partial charge < -0.3 is 10.2 Å². The number of nitrogens with one attached hydrogen (secondary N) is 1. The third kappa shape index (κ3) is 2.08. The van der Waals surface area contributed by atoms with Crippen molar-refractivity contribution in [2.24, 2.45) is 0 Å². The topological polar surface area (TPSA) is 15.3 Å². The summed E-state index contributed by atoms with van der Waals surface area (Å²) >= 11 is 11.3. The van der Waals surface area contributed by atoms with Crippen molar-refractivity contribution in [3.63, 3.8) is 0 Å². The quantitative estimate of drug-likeness (QED) is 0.701. The fourth-order valence-electron chi connectivity index (χ4n) is 1.77. The molecule has 0 bridgehead atoms. The molecule has 1 N–H and O–H groups in total. The molecule has 0 saturated heterocycles. The van der Waals surface area contributed by atoms with Gasteiger partial charge in [0, 0.05) is 24.5 Å². The zero-order valence-electron chi connectivity index (χ0n) is 8.75. The van der Waals surface area contributed by atoms with Gasteiger partial charge in [-0.05, 0) is 25.1 Å². The van der Waals surface area contributed by atoms with Crippen LogP contribution in [0.5, 0.6) is 0 Å². The number of benzene rings is 1. The van der Waals surface area contributed by atoms with Crippen molar-refractivity contribution in [2.75, 3.05) is 17.3 Å². The van der Waals surface area contributed by atoms with E-state index in [0.717, 1.165) is 27.8 Å². The van der Waals surface area contributed by atoms with Gasteiger partial charge in [0.25, 0.3) is 0 Å². The van der Waals surface area contributed by atoms with E-state index >= 15 is 0 Å². The maximum atomic E-state index is 5.97. The van der Waals surface area contributed by atoms with Gasteiger partial charge in [-0.15, -0.1) is 0 Å². The van der Waals surface area contributed by atoms with Crippen molar-refractivity contribution in [2.45, 2.75) is 19.4 Å². The highest BCUT2D eigenvalue weighted by atomic mass is 35.5. The second-order valence-corrected chi connectivity index (χ2v) is 4.77. The molecule has 0 aromatic heterocycles. The van der Waals surface area contributed by atoms with Crippen LogP contribution in [0, 0.1) is 0 Å². The van der Waals surface area contributed by atoms with E-state index in [1.54, 1.807) is 0 Å². The normalized spacial score (nSPS) is 20.6. The standard InChI is InChI=1S/C11H13ClN2S/c1-7-5-11(15)14(2)10-4-3-8(12)6-9(10)13-7/h3-4,6-7,13H,5H2,1-2H3/t7-/m0/s1. The van der Waals surface area contributed by atoms with Crippen LogP contribution in [0.1, 0.15) is 13.3 Å². The van der Waals surface area contributed by atoms with Gasteiger partial charge in [0.2, 0.25) is 0 Å². The van der Waals surface area contributed by atoms with E-state index < -0.39 is 0 Å². The van der Waals surface area contributed by atoms with Crippen LogP contribution in [0.25, 0.3) is 0 Å². The Morgan fingerprint density at radius 1 is 1.53 bits per heavy atom. The molecule has 1 aromatic rings. The van der Waals surface area contributed by atoms with Crippen LogP contribution >= 0.6 is 23.8 Å². The first-order chi connectivity index (χ1) is 7.08. The fourth-order valence-corrected chi connectivity index (χ4v) is 2.29. The van der Waals surface area contributed by atoms with Gasteiger partial charge >= 0.3 is 0 Å². The summed E-state index contributed by atoms with van der Waals surface area (Å²) < 4.78 is 0. The molecular formula is C11H13ClN2S. The average Bonchev–Trinajstić information content (AvgIpc) is 2.25. The summed E-state index contributed by atoms with van der Waals surface area (Å²) in [6.07, 6.45) is 0.873. The molecule has 4 heteroatoms. The predicted octanol–water partition coefficient (Wildman–Crippen LogP) is 3.31. The molecule has 1 heterocycles. The van der Waals surface area contributed by atoms with Crippen LogP contribution in [0.2, 0.25) is 5.02 Å². The second kappa shape index (κ2) is 3.99. The van der Waals surface area contributed by atoms with E-state index in [9.17, 15) is 0 Å². The number of rotatable bonds is 0. The van der Waals surface area contributed by atoms with Gasteiger partial charge in [0.05, 0.1) is 16.4 Å².